The van der Waals surface area contributed by atoms with Crippen molar-refractivity contribution >= 4 is 28.8 Å². The summed E-state index contributed by atoms with van der Waals surface area (Å²) in [5, 5.41) is 2.25. The molecule has 62 valence electrons. The Balaban J connectivity index is 3.16. The average Bonchev–Trinajstić information content (AvgIpc) is 2.09. The largest absolute Gasteiger partial charge is 0.497 e. The molecule has 0 fully saturated rings. The van der Waals surface area contributed by atoms with Gasteiger partial charge in [-0.05, 0) is 24.4 Å². The summed E-state index contributed by atoms with van der Waals surface area (Å²) in [6.07, 6.45) is 0. The maximum Gasteiger partial charge on any atom is 0.121 e. The van der Waals surface area contributed by atoms with E-state index in [-0.39, 0.29) is 0 Å². The van der Waals surface area contributed by atoms with Gasteiger partial charge in [-0.25, -0.2) is 0 Å². The Morgan fingerprint density at radius 1 is 1.58 bits per heavy atom. The zero-order valence-corrected chi connectivity index (χ0v) is 7.39. The van der Waals surface area contributed by atoms with Crippen LogP contribution in [0.5, 0.6) is 5.75 Å². The number of ether oxygens (including phenoxy) is 1. The Labute approximate surface area is 75.9 Å². The van der Waals surface area contributed by atoms with Crippen LogP contribution in [0.25, 0.3) is 0 Å². The maximum absolute atomic E-state index is 5.59. The van der Waals surface area contributed by atoms with Crippen LogP contribution in [0.15, 0.2) is 23.2 Å². The lowest BCUT2D eigenvalue weighted by molar-refractivity contribution is 0.415. The molecule has 0 heterocycles. The molecule has 0 atom stereocenters. The molecule has 0 aliphatic carbocycles. The van der Waals surface area contributed by atoms with Gasteiger partial charge in [0.2, 0.25) is 0 Å². The minimum absolute atomic E-state index is 0.563. The van der Waals surface area contributed by atoms with E-state index in [1.165, 1.54) is 0 Å². The molecule has 0 radical (unpaired) electrons. The Bertz CT molecular complexity index is 332. The molecule has 0 aromatic heterocycles. The monoisotopic (exact) mass is 180 g/mol. The summed E-state index contributed by atoms with van der Waals surface area (Å²) < 4.78 is 4.98. The fraction of sp³-hybridized carbons (Fsp3) is 0.125. The van der Waals surface area contributed by atoms with Crippen molar-refractivity contribution in [3.63, 3.8) is 0 Å². The molecule has 0 saturated carbocycles. The van der Waals surface area contributed by atoms with Gasteiger partial charge in [-0.15, -0.1) is 0 Å². The van der Waals surface area contributed by atoms with Crippen LogP contribution in [0.4, 0.5) is 11.4 Å². The van der Waals surface area contributed by atoms with E-state index in [1.54, 1.807) is 25.3 Å². The Morgan fingerprint density at radius 2 is 2.33 bits per heavy atom. The third kappa shape index (κ3) is 1.81. The van der Waals surface area contributed by atoms with Crippen LogP contribution >= 0.6 is 12.2 Å². The van der Waals surface area contributed by atoms with E-state index in [9.17, 15) is 0 Å². The van der Waals surface area contributed by atoms with Crippen molar-refractivity contribution in [2.75, 3.05) is 12.8 Å². The first-order chi connectivity index (χ1) is 5.77. The number of thiocarbonyl (C=S) groups is 1. The molecule has 4 heteroatoms. The molecule has 0 amide bonds. The highest BCUT2D eigenvalue weighted by Crippen LogP contribution is 2.26. The van der Waals surface area contributed by atoms with E-state index in [2.05, 4.69) is 22.4 Å². The average molecular weight is 180 g/mol. The molecule has 0 bridgehead atoms. The normalized spacial score (nSPS) is 8.75. The van der Waals surface area contributed by atoms with E-state index in [0.29, 0.717) is 17.1 Å². The summed E-state index contributed by atoms with van der Waals surface area (Å²) in [6.45, 7) is 0. The van der Waals surface area contributed by atoms with Gasteiger partial charge in [0.1, 0.15) is 11.4 Å². The van der Waals surface area contributed by atoms with Crippen LogP contribution in [0.1, 0.15) is 0 Å². The number of hydrogen-bond donors (Lipinski definition) is 1. The van der Waals surface area contributed by atoms with Gasteiger partial charge >= 0.3 is 0 Å². The number of benzene rings is 1. The second-order valence-corrected chi connectivity index (χ2v) is 2.31. The van der Waals surface area contributed by atoms with E-state index in [0.717, 1.165) is 0 Å². The summed E-state index contributed by atoms with van der Waals surface area (Å²) in [6, 6.07) is 5.18. The number of hydrogen-bond acceptors (Lipinski definition) is 4. The molecule has 0 aliphatic heterocycles. The van der Waals surface area contributed by atoms with E-state index in [4.69, 9.17) is 10.5 Å². The fourth-order valence-electron chi connectivity index (χ4n) is 0.796. The minimum Gasteiger partial charge on any atom is -0.497 e. The van der Waals surface area contributed by atoms with Crippen LogP contribution in [-0.4, -0.2) is 12.3 Å². The number of aliphatic imine (C=N–C) groups is 1. The van der Waals surface area contributed by atoms with Crippen LogP contribution < -0.4 is 10.5 Å². The molecule has 1 aromatic carbocycles. The summed E-state index contributed by atoms with van der Waals surface area (Å²) in [4.78, 5) is 3.77. The number of nitrogens with zero attached hydrogens (tertiary/aromatic N) is 1. The van der Waals surface area contributed by atoms with Crippen LogP contribution in [0, 0.1) is 0 Å². The second kappa shape index (κ2) is 3.85. The third-order valence-corrected chi connectivity index (χ3v) is 1.49. The van der Waals surface area contributed by atoms with Gasteiger partial charge in [0.15, 0.2) is 0 Å². The summed E-state index contributed by atoms with van der Waals surface area (Å²) in [5.74, 6) is 0.702. The zero-order chi connectivity index (χ0) is 8.97. The first kappa shape index (κ1) is 8.71. The summed E-state index contributed by atoms with van der Waals surface area (Å²) in [5.41, 5.74) is 6.75. The van der Waals surface area contributed by atoms with Gasteiger partial charge in [-0.1, -0.05) is 0 Å². The van der Waals surface area contributed by atoms with Crippen molar-refractivity contribution < 1.29 is 4.74 Å². The molecule has 0 spiro atoms. The molecule has 1 rings (SSSR count). The molecule has 1 aromatic rings. The Hall–Kier alpha value is -1.38. The summed E-state index contributed by atoms with van der Waals surface area (Å²) in [7, 11) is 1.58. The molecule has 0 aliphatic rings. The van der Waals surface area contributed by atoms with Gasteiger partial charge in [-0.2, -0.15) is 4.99 Å². The summed E-state index contributed by atoms with van der Waals surface area (Å²) >= 11 is 4.46. The number of nitrogens with two attached hydrogens (primary N) is 1. The molecule has 0 saturated heterocycles. The second-order valence-electron chi connectivity index (χ2n) is 2.13. The zero-order valence-electron chi connectivity index (χ0n) is 6.57. The minimum atomic E-state index is 0.563. The number of rotatable bonds is 2. The lowest BCUT2D eigenvalue weighted by atomic mass is 10.2. The Morgan fingerprint density at radius 3 is 2.92 bits per heavy atom. The first-order valence-electron chi connectivity index (χ1n) is 3.29. The predicted octanol–water partition coefficient (Wildman–Crippen LogP) is 2.01. The van der Waals surface area contributed by atoms with Crippen molar-refractivity contribution in [1.29, 1.82) is 0 Å². The molecule has 2 N–H and O–H groups in total. The molecule has 12 heavy (non-hydrogen) atoms. The SMILES string of the molecule is COc1ccc(N)c(N=C=S)c1. The number of nitrogen functional groups attached to an aromatic ring is 1. The quantitative estimate of drug-likeness (QED) is 0.430. The van der Waals surface area contributed by atoms with E-state index >= 15 is 0 Å². The number of anilines is 1. The van der Waals surface area contributed by atoms with Crippen molar-refractivity contribution in [1.82, 2.24) is 0 Å². The number of isothiocyanates is 1. The van der Waals surface area contributed by atoms with Crippen molar-refractivity contribution in [2.45, 2.75) is 0 Å². The van der Waals surface area contributed by atoms with Gasteiger partial charge in [0, 0.05) is 6.07 Å². The lowest BCUT2D eigenvalue weighted by Gasteiger charge is -2.01. The lowest BCUT2D eigenvalue weighted by Crippen LogP contribution is -1.87. The maximum atomic E-state index is 5.59. The fourth-order valence-corrected chi connectivity index (χ4v) is 0.895. The van der Waals surface area contributed by atoms with Crippen LogP contribution in [0.2, 0.25) is 0 Å². The van der Waals surface area contributed by atoms with Crippen molar-refractivity contribution in [2.24, 2.45) is 4.99 Å². The topological polar surface area (TPSA) is 47.6 Å². The van der Waals surface area contributed by atoms with Crippen molar-refractivity contribution in [3.05, 3.63) is 18.2 Å². The molecule has 3 nitrogen and oxygen atoms in total. The smallest absolute Gasteiger partial charge is 0.121 e. The standard InChI is InChI=1S/C8H8N2OS/c1-11-6-2-3-7(9)8(4-6)10-5-12/h2-4H,9H2,1H3. The van der Waals surface area contributed by atoms with E-state index < -0.39 is 0 Å². The van der Waals surface area contributed by atoms with Crippen molar-refractivity contribution in [3.8, 4) is 5.75 Å². The van der Waals surface area contributed by atoms with Crippen LogP contribution in [-0.2, 0) is 0 Å². The van der Waals surface area contributed by atoms with E-state index in [1.807, 2.05) is 0 Å². The molecular formula is C8H8N2OS. The van der Waals surface area contributed by atoms with Gasteiger partial charge < -0.3 is 10.5 Å². The highest BCUT2D eigenvalue weighted by atomic mass is 32.1. The Kier molecular flexibility index (Phi) is 2.80. The first-order valence-corrected chi connectivity index (χ1v) is 3.70. The van der Waals surface area contributed by atoms with Gasteiger partial charge in [0.05, 0.1) is 18.0 Å². The van der Waals surface area contributed by atoms with Crippen LogP contribution in [0.3, 0.4) is 0 Å². The third-order valence-electron chi connectivity index (χ3n) is 1.40. The predicted molar refractivity (Wildman–Crippen MR) is 52.1 cm³/mol. The highest BCUT2D eigenvalue weighted by molar-refractivity contribution is 7.78. The molecule has 0 unspecified atom stereocenters. The molecular weight excluding hydrogens is 172 g/mol. The highest BCUT2D eigenvalue weighted by Gasteiger charge is 1.98. The van der Waals surface area contributed by atoms with Gasteiger partial charge in [0.25, 0.3) is 0 Å². The van der Waals surface area contributed by atoms with Gasteiger partial charge in [-0.3, -0.25) is 0 Å². The number of methoxy groups -OCH3 is 1.